The van der Waals surface area contributed by atoms with Gasteiger partial charge in [-0.15, -0.1) is 0 Å². The Morgan fingerprint density at radius 1 is 0.844 bits per heavy atom. The van der Waals surface area contributed by atoms with Gasteiger partial charge in [0.05, 0.1) is 0 Å². The SMILES string of the molecule is CC1C(/C=C/c2ccc(N([C](C)([Hg])[Hg])[C](C)([Hg])[Hg])cc2)=[N+](C)c2ccc3ccccc3c21. The molecule has 3 aromatic carbocycles. The maximum absolute atomic E-state index is 2.84. The number of hydrogen-bond acceptors (Lipinski definition) is 1. The fraction of sp³-hybridized carbons (Fsp3) is 0.269. The van der Waals surface area contributed by atoms with E-state index < -0.39 is 0 Å². The van der Waals surface area contributed by atoms with E-state index in [9.17, 15) is 0 Å². The molecule has 2 nitrogen and oxygen atoms in total. The Morgan fingerprint density at radius 2 is 1.47 bits per heavy atom. The molecular weight excluding hydrogens is 1140 g/mol. The van der Waals surface area contributed by atoms with Gasteiger partial charge in [0.15, 0.2) is 0 Å². The van der Waals surface area contributed by atoms with Crippen LogP contribution < -0.4 is 4.90 Å². The zero-order valence-corrected chi connectivity index (χ0v) is 41.7. The molecule has 1 aliphatic rings. The Kier molecular flexibility index (Phi) is 8.18. The van der Waals surface area contributed by atoms with Crippen LogP contribution in [0.15, 0.2) is 66.7 Å². The first-order valence-corrected chi connectivity index (χ1v) is 22.1. The van der Waals surface area contributed by atoms with Crippen LogP contribution in [0.25, 0.3) is 16.8 Å². The van der Waals surface area contributed by atoms with Gasteiger partial charge in [-0.3, -0.25) is 0 Å². The molecule has 1 heterocycles. The van der Waals surface area contributed by atoms with E-state index in [1.54, 1.807) is 0 Å². The van der Waals surface area contributed by atoms with Crippen molar-refractivity contribution in [3.63, 3.8) is 0 Å². The first kappa shape index (κ1) is 25.9. The number of rotatable bonds is 5. The molecule has 3 aromatic rings. The van der Waals surface area contributed by atoms with Crippen LogP contribution in [-0.2, 0) is 104 Å². The number of anilines is 1. The fourth-order valence-corrected chi connectivity index (χ4v) is 27.3. The molecule has 4 rings (SSSR count). The number of allylic oxidation sites excluding steroid dienone is 1. The van der Waals surface area contributed by atoms with Gasteiger partial charge >= 0.3 is 225 Å². The molecule has 6 heteroatoms. The molecular formula is C26H25Hg4N2+. The predicted octanol–water partition coefficient (Wildman–Crippen LogP) is 5.73. The zero-order chi connectivity index (χ0) is 23.3. The summed E-state index contributed by atoms with van der Waals surface area (Å²) in [7, 11) is 2.21. The van der Waals surface area contributed by atoms with Crippen LogP contribution in [0.1, 0.15) is 37.8 Å². The van der Waals surface area contributed by atoms with Crippen molar-refractivity contribution >= 4 is 33.9 Å². The molecule has 0 fully saturated rings. The Hall–Kier alpha value is 0.870. The predicted molar refractivity (Wildman–Crippen MR) is 118 cm³/mol. The quantitative estimate of drug-likeness (QED) is 0.234. The van der Waals surface area contributed by atoms with Crippen LogP contribution in [0.2, 0.25) is 0 Å². The molecule has 1 aliphatic heterocycles. The second-order valence-corrected chi connectivity index (χ2v) is 63.6. The molecule has 0 saturated carbocycles. The van der Waals surface area contributed by atoms with E-state index in [4.69, 9.17) is 0 Å². The Balaban J connectivity index is 1.62. The van der Waals surface area contributed by atoms with E-state index >= 15 is 0 Å². The number of nitrogens with zero attached hydrogens (tertiary/aromatic N) is 2. The van der Waals surface area contributed by atoms with Gasteiger partial charge in [-0.1, -0.05) is 24.3 Å². The van der Waals surface area contributed by atoms with Crippen molar-refractivity contribution in [1.82, 2.24) is 0 Å². The average molecular weight is 1170 g/mol. The van der Waals surface area contributed by atoms with Crippen LogP contribution in [0.4, 0.5) is 11.4 Å². The summed E-state index contributed by atoms with van der Waals surface area (Å²) < 4.78 is 3.46. The monoisotopic (exact) mass is 1170 g/mol. The molecule has 0 radical (unpaired) electrons. The molecule has 146 valence electrons. The molecule has 32 heavy (non-hydrogen) atoms. The molecule has 0 aliphatic carbocycles. The molecule has 0 N–H and O–H groups in total. The van der Waals surface area contributed by atoms with E-state index in [0.717, 1.165) is 104 Å². The second-order valence-electron chi connectivity index (χ2n) is 9.68. The first-order valence-electron chi connectivity index (χ1n) is 11.1. The molecule has 0 amide bonds. The van der Waals surface area contributed by atoms with Crippen molar-refractivity contribution in [2.24, 2.45) is 0 Å². The van der Waals surface area contributed by atoms with Gasteiger partial charge in [0.2, 0.25) is 0 Å². The third kappa shape index (κ3) is 5.33. The maximum atomic E-state index is 2.84. The van der Waals surface area contributed by atoms with Crippen molar-refractivity contribution in [1.29, 1.82) is 0 Å². The summed E-state index contributed by atoms with van der Waals surface area (Å²) in [6.45, 7) is 7.37. The van der Waals surface area contributed by atoms with Crippen molar-refractivity contribution in [3.8, 4) is 0 Å². The topological polar surface area (TPSA) is 6.25 Å². The fourth-order valence-electron chi connectivity index (χ4n) is 5.06. The summed E-state index contributed by atoms with van der Waals surface area (Å²) >= 11 is 3.16. The molecule has 0 bridgehead atoms. The third-order valence-corrected chi connectivity index (χ3v) is 11.2. The number of benzene rings is 3. The third-order valence-electron chi connectivity index (χ3n) is 6.25. The van der Waals surface area contributed by atoms with Crippen molar-refractivity contribution in [2.45, 2.75) is 27.8 Å². The molecule has 0 saturated heterocycles. The molecule has 1 atom stereocenters. The summed E-state index contributed by atoms with van der Waals surface area (Å²) in [6, 6.07) is 22.7. The Bertz CT molecular complexity index is 1200. The van der Waals surface area contributed by atoms with E-state index in [1.165, 1.54) is 39.0 Å². The summed E-state index contributed by atoms with van der Waals surface area (Å²) in [4.78, 5) is 2.84. The van der Waals surface area contributed by atoms with E-state index in [1.807, 2.05) is 0 Å². The van der Waals surface area contributed by atoms with E-state index in [-0.39, 0.29) is 0 Å². The normalized spacial score (nSPS) is 16.9. The first-order chi connectivity index (χ1) is 15.0. The van der Waals surface area contributed by atoms with Gasteiger partial charge in [0.1, 0.15) is 0 Å². The van der Waals surface area contributed by atoms with Crippen molar-refractivity contribution < 1.29 is 109 Å². The molecule has 1 unspecified atom stereocenters. The van der Waals surface area contributed by atoms with Gasteiger partial charge in [0.25, 0.3) is 0 Å². The van der Waals surface area contributed by atoms with E-state index in [0.29, 0.717) is 7.03 Å². The zero-order valence-electron chi connectivity index (χ0n) is 19.7. The van der Waals surface area contributed by atoms with Gasteiger partial charge in [0, 0.05) is 0 Å². The van der Waals surface area contributed by atoms with Crippen molar-refractivity contribution in [2.75, 3.05) is 11.9 Å². The summed E-state index contributed by atoms with van der Waals surface area (Å²) in [5, 5.41) is 2.71. The Labute approximate surface area is 256 Å². The second kappa shape index (κ2) is 10.1. The van der Waals surface area contributed by atoms with Crippen LogP contribution >= 0.6 is 0 Å². The minimum absolute atomic E-state index is 0.395. The molecule has 0 spiro atoms. The van der Waals surface area contributed by atoms with Gasteiger partial charge < -0.3 is 0 Å². The number of hydrogen-bond donors (Lipinski definition) is 0. The van der Waals surface area contributed by atoms with Crippen LogP contribution in [0.3, 0.4) is 0 Å². The Morgan fingerprint density at radius 3 is 2.09 bits per heavy atom. The van der Waals surface area contributed by atoms with Crippen molar-refractivity contribution in [3.05, 3.63) is 77.9 Å². The standard InChI is InChI=1S/C26H25N2.4Hg/c1-5-28(6-2)22-15-11-20(12-16-22)13-17-24-19(3)26-23-10-8-7-9-21(23)14-18-25(26)27(24)4;;;;/h7-19H,1-4H3;;;;/q+1;;;;. The van der Waals surface area contributed by atoms with E-state index in [2.05, 4.69) is 110 Å². The van der Waals surface area contributed by atoms with Gasteiger partial charge in [-0.2, -0.15) is 0 Å². The molecule has 0 aromatic heterocycles. The van der Waals surface area contributed by atoms with Crippen LogP contribution in [-0.4, -0.2) is 18.4 Å². The summed E-state index contributed by atoms with van der Waals surface area (Å²) in [5.74, 6) is 0.395. The number of fused-ring (bicyclic) bond motifs is 3. The van der Waals surface area contributed by atoms with Gasteiger partial charge in [-0.05, 0) is 11.5 Å². The average Bonchev–Trinajstić information content (AvgIpc) is 2.95. The van der Waals surface area contributed by atoms with Crippen LogP contribution in [0.5, 0.6) is 0 Å². The minimum atomic E-state index is 0.395. The summed E-state index contributed by atoms with van der Waals surface area (Å²) in [6.07, 6.45) is 4.63. The summed E-state index contributed by atoms with van der Waals surface area (Å²) in [5.41, 5.74) is 6.92. The van der Waals surface area contributed by atoms with Crippen LogP contribution in [0, 0.1) is 0 Å². The van der Waals surface area contributed by atoms with Gasteiger partial charge in [-0.25, -0.2) is 0 Å².